The number of nitrogens with zero attached hydrogens (tertiary/aromatic N) is 1. The van der Waals surface area contributed by atoms with Crippen molar-refractivity contribution in [1.29, 1.82) is 0 Å². The summed E-state index contributed by atoms with van der Waals surface area (Å²) >= 11 is 1.28. The highest BCUT2D eigenvalue weighted by Crippen LogP contribution is 2.21. The molecular weight excluding hydrogens is 254 g/mol. The molecule has 0 spiro atoms. The first-order chi connectivity index (χ1) is 8.49. The molecule has 1 heterocycles. The number of ether oxygens (including phenoxy) is 1. The molecule has 100 valence electrons. The first-order valence-corrected chi connectivity index (χ1v) is 6.28. The summed E-state index contributed by atoms with van der Waals surface area (Å²) < 4.78 is 5.01. The van der Waals surface area contributed by atoms with Crippen LogP contribution in [0.1, 0.15) is 23.5 Å². The molecule has 6 nitrogen and oxygen atoms in total. The molecule has 1 aromatic heterocycles. The smallest absolute Gasteiger partial charge is 0.262 e. The van der Waals surface area contributed by atoms with Gasteiger partial charge in [0.05, 0.1) is 18.0 Å². The zero-order valence-corrected chi connectivity index (χ0v) is 11.3. The second-order valence-electron chi connectivity index (χ2n) is 4.07. The Morgan fingerprint density at radius 1 is 1.61 bits per heavy atom. The number of nitrogens with two attached hydrogens (primary N) is 1. The minimum absolute atomic E-state index is 0.0122. The number of carbonyl (C=O) groups excluding carboxylic acids is 1. The molecule has 0 aliphatic rings. The summed E-state index contributed by atoms with van der Waals surface area (Å²) in [4.78, 5) is 12.5. The Kier molecular flexibility index (Phi) is 4.96. The molecule has 0 fully saturated rings. The SMILES string of the molecule is COc1csc(C(=O)NC(C(N)=NO)C(C)C)c1. The van der Waals surface area contributed by atoms with E-state index in [0.29, 0.717) is 10.6 Å². The third kappa shape index (κ3) is 3.36. The first-order valence-electron chi connectivity index (χ1n) is 5.40. The highest BCUT2D eigenvalue weighted by molar-refractivity contribution is 7.12. The summed E-state index contributed by atoms with van der Waals surface area (Å²) in [6, 6.07) is 1.14. The number of hydrogen-bond donors (Lipinski definition) is 3. The van der Waals surface area contributed by atoms with Crippen LogP contribution in [0.25, 0.3) is 0 Å². The van der Waals surface area contributed by atoms with Gasteiger partial charge in [-0.05, 0) is 5.92 Å². The number of nitrogens with one attached hydrogen (secondary N) is 1. The molecule has 0 saturated carbocycles. The van der Waals surface area contributed by atoms with Crippen LogP contribution in [-0.2, 0) is 0 Å². The van der Waals surface area contributed by atoms with Crippen molar-refractivity contribution in [2.75, 3.05) is 7.11 Å². The molecule has 0 bridgehead atoms. The maximum absolute atomic E-state index is 12.0. The molecule has 1 unspecified atom stereocenters. The Labute approximate surface area is 109 Å². The zero-order chi connectivity index (χ0) is 13.7. The first kappa shape index (κ1) is 14.3. The number of hydrogen-bond acceptors (Lipinski definition) is 5. The maximum atomic E-state index is 12.0. The fraction of sp³-hybridized carbons (Fsp3) is 0.455. The summed E-state index contributed by atoms with van der Waals surface area (Å²) in [5, 5.41) is 16.1. The Morgan fingerprint density at radius 2 is 2.28 bits per heavy atom. The lowest BCUT2D eigenvalue weighted by Gasteiger charge is -2.20. The summed E-state index contributed by atoms with van der Waals surface area (Å²) in [5.41, 5.74) is 5.54. The Balaban J connectivity index is 2.78. The molecule has 7 heteroatoms. The van der Waals surface area contributed by atoms with E-state index in [0.717, 1.165) is 0 Å². The van der Waals surface area contributed by atoms with Gasteiger partial charge in [-0.1, -0.05) is 19.0 Å². The lowest BCUT2D eigenvalue weighted by atomic mass is 10.0. The van der Waals surface area contributed by atoms with Crippen LogP contribution in [0.3, 0.4) is 0 Å². The van der Waals surface area contributed by atoms with E-state index >= 15 is 0 Å². The highest BCUT2D eigenvalue weighted by Gasteiger charge is 2.22. The molecule has 0 aliphatic heterocycles. The molecule has 18 heavy (non-hydrogen) atoms. The van der Waals surface area contributed by atoms with Crippen molar-refractivity contribution >= 4 is 23.1 Å². The number of rotatable bonds is 5. The standard InChI is InChI=1S/C11H17N3O3S/c1-6(2)9(10(12)14-16)13-11(15)8-4-7(17-3)5-18-8/h4-6,9,16H,1-3H3,(H2,12,14)(H,13,15). The topological polar surface area (TPSA) is 96.9 Å². The van der Waals surface area contributed by atoms with Crippen LogP contribution in [0, 0.1) is 5.92 Å². The van der Waals surface area contributed by atoms with E-state index < -0.39 is 6.04 Å². The van der Waals surface area contributed by atoms with E-state index in [1.54, 1.807) is 11.4 Å². The molecule has 0 aromatic carbocycles. The maximum Gasteiger partial charge on any atom is 0.262 e. The largest absolute Gasteiger partial charge is 0.496 e. The average molecular weight is 271 g/mol. The predicted molar refractivity (Wildman–Crippen MR) is 70.4 cm³/mol. The van der Waals surface area contributed by atoms with E-state index in [1.807, 2.05) is 13.8 Å². The summed E-state index contributed by atoms with van der Waals surface area (Å²) in [6.45, 7) is 3.75. The summed E-state index contributed by atoms with van der Waals surface area (Å²) in [7, 11) is 1.54. The van der Waals surface area contributed by atoms with Gasteiger partial charge in [-0.25, -0.2) is 0 Å². The number of carbonyl (C=O) groups is 1. The van der Waals surface area contributed by atoms with Gasteiger partial charge in [-0.2, -0.15) is 0 Å². The Bertz CT molecular complexity index is 442. The summed E-state index contributed by atoms with van der Waals surface area (Å²) in [5.74, 6) is 0.372. The summed E-state index contributed by atoms with van der Waals surface area (Å²) in [6.07, 6.45) is 0. The van der Waals surface area contributed by atoms with E-state index in [4.69, 9.17) is 15.7 Å². The normalized spacial score (nSPS) is 13.4. The van der Waals surface area contributed by atoms with Crippen molar-refractivity contribution in [2.24, 2.45) is 16.8 Å². The number of amidine groups is 1. The second-order valence-corrected chi connectivity index (χ2v) is 4.98. The predicted octanol–water partition coefficient (Wildman–Crippen LogP) is 1.26. The number of amides is 1. The molecule has 1 amide bonds. The molecular formula is C11H17N3O3S. The van der Waals surface area contributed by atoms with E-state index in [-0.39, 0.29) is 17.7 Å². The highest BCUT2D eigenvalue weighted by atomic mass is 32.1. The van der Waals surface area contributed by atoms with Gasteiger partial charge in [0, 0.05) is 11.4 Å². The van der Waals surface area contributed by atoms with E-state index in [2.05, 4.69) is 10.5 Å². The van der Waals surface area contributed by atoms with E-state index in [9.17, 15) is 4.79 Å². The third-order valence-electron chi connectivity index (χ3n) is 2.42. The average Bonchev–Trinajstić information content (AvgIpc) is 2.83. The zero-order valence-electron chi connectivity index (χ0n) is 10.5. The van der Waals surface area contributed by atoms with Crippen LogP contribution in [0.2, 0.25) is 0 Å². The lowest BCUT2D eigenvalue weighted by molar-refractivity contribution is 0.0942. The molecule has 1 rings (SSSR count). The minimum Gasteiger partial charge on any atom is -0.496 e. The number of thiophene rings is 1. The van der Waals surface area contributed by atoms with Crippen LogP contribution in [0.15, 0.2) is 16.6 Å². The lowest BCUT2D eigenvalue weighted by Crippen LogP contribution is -2.47. The fourth-order valence-corrected chi connectivity index (χ4v) is 2.16. The van der Waals surface area contributed by atoms with Gasteiger partial charge in [-0.15, -0.1) is 11.3 Å². The van der Waals surface area contributed by atoms with Gasteiger partial charge in [0.15, 0.2) is 5.84 Å². The van der Waals surface area contributed by atoms with Gasteiger partial charge in [0.2, 0.25) is 0 Å². The fourth-order valence-electron chi connectivity index (χ4n) is 1.40. The molecule has 1 atom stereocenters. The van der Waals surface area contributed by atoms with Gasteiger partial charge >= 0.3 is 0 Å². The molecule has 0 radical (unpaired) electrons. The molecule has 4 N–H and O–H groups in total. The van der Waals surface area contributed by atoms with Crippen molar-refractivity contribution in [3.63, 3.8) is 0 Å². The van der Waals surface area contributed by atoms with Crippen molar-refractivity contribution in [2.45, 2.75) is 19.9 Å². The molecule has 0 saturated heterocycles. The van der Waals surface area contributed by atoms with Gasteiger partial charge in [0.25, 0.3) is 5.91 Å². The van der Waals surface area contributed by atoms with E-state index in [1.165, 1.54) is 18.4 Å². The van der Waals surface area contributed by atoms with Crippen LogP contribution in [0.5, 0.6) is 5.75 Å². The Hall–Kier alpha value is -1.76. The van der Waals surface area contributed by atoms with Crippen LogP contribution in [0.4, 0.5) is 0 Å². The van der Waals surface area contributed by atoms with Gasteiger partial charge in [0.1, 0.15) is 5.75 Å². The quantitative estimate of drug-likeness (QED) is 0.325. The van der Waals surface area contributed by atoms with Crippen LogP contribution in [-0.4, -0.2) is 30.1 Å². The number of methoxy groups -OCH3 is 1. The minimum atomic E-state index is -0.504. The third-order valence-corrected chi connectivity index (χ3v) is 3.33. The molecule has 1 aromatic rings. The van der Waals surface area contributed by atoms with Crippen LogP contribution >= 0.6 is 11.3 Å². The van der Waals surface area contributed by atoms with Crippen LogP contribution < -0.4 is 15.8 Å². The monoisotopic (exact) mass is 271 g/mol. The second kappa shape index (κ2) is 6.25. The van der Waals surface area contributed by atoms with Crippen molar-refractivity contribution in [3.05, 3.63) is 16.3 Å². The van der Waals surface area contributed by atoms with Crippen molar-refractivity contribution in [3.8, 4) is 5.75 Å². The molecule has 0 aliphatic carbocycles. The van der Waals surface area contributed by atoms with Gasteiger partial charge < -0.3 is 21.0 Å². The van der Waals surface area contributed by atoms with Crippen molar-refractivity contribution in [1.82, 2.24) is 5.32 Å². The Morgan fingerprint density at radius 3 is 2.72 bits per heavy atom. The number of oxime groups is 1. The van der Waals surface area contributed by atoms with Crippen molar-refractivity contribution < 1.29 is 14.7 Å². The van der Waals surface area contributed by atoms with Gasteiger partial charge in [-0.3, -0.25) is 4.79 Å².